The smallest absolute Gasteiger partial charge is 0.303 e. The van der Waals surface area contributed by atoms with Crippen molar-refractivity contribution >= 4 is 5.97 Å². The molecule has 5 nitrogen and oxygen atoms in total. The molecule has 0 aliphatic rings. The Morgan fingerprint density at radius 1 is 1.54 bits per heavy atom. The Kier molecular flexibility index (Phi) is 5.03. The Hall–Kier alpha value is -1.13. The summed E-state index contributed by atoms with van der Waals surface area (Å²) >= 11 is 0. The first kappa shape index (κ1) is 11.9. The SMILES string of the molecule is CC(=O)OC(CC(C)C)C[N+](=O)[O-]. The van der Waals surface area contributed by atoms with Gasteiger partial charge in [0.05, 0.1) is 0 Å². The summed E-state index contributed by atoms with van der Waals surface area (Å²) in [5, 5.41) is 10.2. The molecule has 0 bridgehead atoms. The van der Waals surface area contributed by atoms with E-state index in [1.807, 2.05) is 13.8 Å². The number of hydrogen-bond donors (Lipinski definition) is 0. The van der Waals surface area contributed by atoms with Gasteiger partial charge in [0.1, 0.15) is 0 Å². The van der Waals surface area contributed by atoms with Gasteiger partial charge in [-0.25, -0.2) is 0 Å². The van der Waals surface area contributed by atoms with Gasteiger partial charge in [-0.2, -0.15) is 0 Å². The van der Waals surface area contributed by atoms with Crippen LogP contribution in [0, 0.1) is 16.0 Å². The van der Waals surface area contributed by atoms with Crippen molar-refractivity contribution in [1.29, 1.82) is 0 Å². The number of nitrogens with zero attached hydrogens (tertiary/aromatic N) is 1. The van der Waals surface area contributed by atoms with Crippen LogP contribution in [0.5, 0.6) is 0 Å². The molecular formula is C8H15NO4. The van der Waals surface area contributed by atoms with Gasteiger partial charge in [0.2, 0.25) is 6.54 Å². The maximum absolute atomic E-state index is 10.6. The molecule has 0 aromatic heterocycles. The van der Waals surface area contributed by atoms with E-state index in [9.17, 15) is 14.9 Å². The lowest BCUT2D eigenvalue weighted by Gasteiger charge is -2.14. The summed E-state index contributed by atoms with van der Waals surface area (Å²) in [6.45, 7) is 4.80. The second-order valence-corrected chi connectivity index (χ2v) is 3.38. The summed E-state index contributed by atoms with van der Waals surface area (Å²) in [5.41, 5.74) is 0. The average molecular weight is 189 g/mol. The summed E-state index contributed by atoms with van der Waals surface area (Å²) in [7, 11) is 0. The maximum atomic E-state index is 10.6. The molecule has 0 amide bonds. The molecule has 0 rings (SSSR count). The van der Waals surface area contributed by atoms with Crippen LogP contribution in [-0.2, 0) is 9.53 Å². The van der Waals surface area contributed by atoms with Crippen molar-refractivity contribution in [1.82, 2.24) is 0 Å². The number of carbonyl (C=O) groups excluding carboxylic acids is 1. The Morgan fingerprint density at radius 2 is 2.08 bits per heavy atom. The topological polar surface area (TPSA) is 69.4 Å². The van der Waals surface area contributed by atoms with Crippen molar-refractivity contribution in [3.05, 3.63) is 10.1 Å². The van der Waals surface area contributed by atoms with E-state index in [2.05, 4.69) is 0 Å². The van der Waals surface area contributed by atoms with Crippen LogP contribution in [0.2, 0.25) is 0 Å². The molecule has 0 heterocycles. The molecule has 1 unspecified atom stereocenters. The van der Waals surface area contributed by atoms with Crippen molar-refractivity contribution < 1.29 is 14.5 Å². The first-order chi connectivity index (χ1) is 5.91. The Morgan fingerprint density at radius 3 is 2.38 bits per heavy atom. The minimum absolute atomic E-state index is 0.282. The first-order valence-corrected chi connectivity index (χ1v) is 4.20. The molecule has 0 N–H and O–H groups in total. The van der Waals surface area contributed by atoms with Crippen molar-refractivity contribution in [2.24, 2.45) is 5.92 Å². The summed E-state index contributed by atoms with van der Waals surface area (Å²) in [4.78, 5) is 20.3. The molecule has 0 aliphatic heterocycles. The standard InChI is InChI=1S/C8H15NO4/c1-6(2)4-8(5-9(11)12)13-7(3)10/h6,8H,4-5H2,1-3H3. The third-order valence-electron chi connectivity index (χ3n) is 1.42. The van der Waals surface area contributed by atoms with Gasteiger partial charge in [0.15, 0.2) is 6.10 Å². The maximum Gasteiger partial charge on any atom is 0.303 e. The highest BCUT2D eigenvalue weighted by atomic mass is 16.6. The lowest BCUT2D eigenvalue weighted by atomic mass is 10.1. The zero-order valence-corrected chi connectivity index (χ0v) is 8.15. The van der Waals surface area contributed by atoms with Gasteiger partial charge in [-0.15, -0.1) is 0 Å². The zero-order chi connectivity index (χ0) is 10.4. The van der Waals surface area contributed by atoms with E-state index >= 15 is 0 Å². The predicted octanol–water partition coefficient (Wildman–Crippen LogP) is 1.24. The molecule has 0 spiro atoms. The van der Waals surface area contributed by atoms with Gasteiger partial charge in [0, 0.05) is 11.8 Å². The third-order valence-corrected chi connectivity index (χ3v) is 1.42. The van der Waals surface area contributed by atoms with Crippen molar-refractivity contribution in [3.8, 4) is 0 Å². The van der Waals surface area contributed by atoms with Crippen LogP contribution >= 0.6 is 0 Å². The largest absolute Gasteiger partial charge is 0.456 e. The van der Waals surface area contributed by atoms with E-state index in [-0.39, 0.29) is 12.5 Å². The molecule has 5 heteroatoms. The van der Waals surface area contributed by atoms with Crippen molar-refractivity contribution in [3.63, 3.8) is 0 Å². The van der Waals surface area contributed by atoms with E-state index in [0.717, 1.165) is 0 Å². The first-order valence-electron chi connectivity index (χ1n) is 4.20. The molecular weight excluding hydrogens is 174 g/mol. The van der Waals surface area contributed by atoms with Crippen molar-refractivity contribution in [2.75, 3.05) is 6.54 Å². The van der Waals surface area contributed by atoms with E-state index < -0.39 is 17.0 Å². The van der Waals surface area contributed by atoms with Gasteiger partial charge in [-0.3, -0.25) is 14.9 Å². The van der Waals surface area contributed by atoms with Gasteiger partial charge >= 0.3 is 5.97 Å². The Labute approximate surface area is 77.2 Å². The van der Waals surface area contributed by atoms with Crippen LogP contribution in [-0.4, -0.2) is 23.5 Å². The molecule has 1 atom stereocenters. The highest BCUT2D eigenvalue weighted by Crippen LogP contribution is 2.08. The number of hydrogen-bond acceptors (Lipinski definition) is 4. The van der Waals surface area contributed by atoms with E-state index in [0.29, 0.717) is 6.42 Å². The van der Waals surface area contributed by atoms with E-state index in [1.54, 1.807) is 0 Å². The third kappa shape index (κ3) is 7.24. The molecule has 0 fully saturated rings. The van der Waals surface area contributed by atoms with Crippen LogP contribution in [0.1, 0.15) is 27.2 Å². The fourth-order valence-electron chi connectivity index (χ4n) is 1.09. The van der Waals surface area contributed by atoms with Crippen LogP contribution < -0.4 is 0 Å². The van der Waals surface area contributed by atoms with Crippen molar-refractivity contribution in [2.45, 2.75) is 33.3 Å². The lowest BCUT2D eigenvalue weighted by molar-refractivity contribution is -0.490. The average Bonchev–Trinajstić information content (AvgIpc) is 1.80. The minimum Gasteiger partial charge on any atom is -0.456 e. The normalized spacial score (nSPS) is 12.6. The fourth-order valence-corrected chi connectivity index (χ4v) is 1.09. The van der Waals surface area contributed by atoms with Crippen LogP contribution in [0.3, 0.4) is 0 Å². The van der Waals surface area contributed by atoms with Gasteiger partial charge in [-0.1, -0.05) is 13.8 Å². The summed E-state index contributed by atoms with van der Waals surface area (Å²) in [6.07, 6.45) is -0.0619. The predicted molar refractivity (Wildman–Crippen MR) is 46.9 cm³/mol. The molecule has 76 valence electrons. The number of nitro groups is 1. The number of ether oxygens (including phenoxy) is 1. The molecule has 0 aliphatic carbocycles. The second kappa shape index (κ2) is 5.50. The highest BCUT2D eigenvalue weighted by Gasteiger charge is 2.19. The number of carbonyl (C=O) groups is 1. The van der Waals surface area contributed by atoms with Gasteiger partial charge < -0.3 is 4.74 Å². The number of rotatable bonds is 5. The van der Waals surface area contributed by atoms with Gasteiger partial charge in [-0.05, 0) is 12.3 Å². The summed E-state index contributed by atoms with van der Waals surface area (Å²) in [5.74, 6) is -0.184. The second-order valence-electron chi connectivity index (χ2n) is 3.38. The van der Waals surface area contributed by atoms with Gasteiger partial charge in [0.25, 0.3) is 0 Å². The van der Waals surface area contributed by atoms with E-state index in [1.165, 1.54) is 6.92 Å². The molecule has 13 heavy (non-hydrogen) atoms. The highest BCUT2D eigenvalue weighted by molar-refractivity contribution is 5.66. The fraction of sp³-hybridized carbons (Fsp3) is 0.875. The van der Waals surface area contributed by atoms with Crippen LogP contribution in [0.4, 0.5) is 0 Å². The zero-order valence-electron chi connectivity index (χ0n) is 8.15. The molecule has 0 saturated heterocycles. The van der Waals surface area contributed by atoms with Crippen LogP contribution in [0.15, 0.2) is 0 Å². The lowest BCUT2D eigenvalue weighted by Crippen LogP contribution is -2.26. The quantitative estimate of drug-likeness (QED) is 0.370. The minimum atomic E-state index is -0.590. The molecule has 0 saturated carbocycles. The van der Waals surface area contributed by atoms with Crippen LogP contribution in [0.25, 0.3) is 0 Å². The Bertz CT molecular complexity index is 175. The number of esters is 1. The summed E-state index contributed by atoms with van der Waals surface area (Å²) in [6, 6.07) is 0. The Balaban J connectivity index is 4.02. The van der Waals surface area contributed by atoms with E-state index in [4.69, 9.17) is 4.74 Å². The summed E-state index contributed by atoms with van der Waals surface area (Å²) < 4.78 is 4.79. The monoisotopic (exact) mass is 189 g/mol. The molecule has 0 aromatic rings. The molecule has 0 radical (unpaired) electrons. The molecule has 0 aromatic carbocycles.